The van der Waals surface area contributed by atoms with Gasteiger partial charge in [0.15, 0.2) is 5.78 Å². The van der Waals surface area contributed by atoms with Gasteiger partial charge in [0.1, 0.15) is 35.4 Å². The lowest BCUT2D eigenvalue weighted by Crippen LogP contribution is -2.75. The van der Waals surface area contributed by atoms with Crippen molar-refractivity contribution in [2.75, 3.05) is 0 Å². The Bertz CT molecular complexity index is 1570. The molecule has 6 rings (SSSR count). The van der Waals surface area contributed by atoms with E-state index in [1.807, 2.05) is 30.3 Å². The summed E-state index contributed by atoms with van der Waals surface area (Å²) >= 11 is 0. The van der Waals surface area contributed by atoms with E-state index in [9.17, 15) is 40.2 Å². The van der Waals surface area contributed by atoms with Crippen LogP contribution in [0.5, 0.6) is 11.5 Å². The number of aliphatic hydroxyl groups is 4. The minimum absolute atomic E-state index is 0.0332. The van der Waals surface area contributed by atoms with Crippen LogP contribution >= 0.6 is 0 Å². The normalized spacial score (nSPS) is 31.8. The second kappa shape index (κ2) is 10.9. The van der Waals surface area contributed by atoms with Crippen LogP contribution in [-0.4, -0.2) is 78.2 Å². The van der Waals surface area contributed by atoms with E-state index in [1.165, 1.54) is 6.07 Å². The molecule has 0 spiro atoms. The maximum atomic E-state index is 13.4. The number of Topliss-reactive ketones (excluding diaryl/α,β-unsaturated/α-hetero) is 1. The summed E-state index contributed by atoms with van der Waals surface area (Å²) in [6.45, 7) is 1.65. The topological polar surface area (TPSA) is 174 Å². The molecule has 2 saturated carbocycles. The van der Waals surface area contributed by atoms with Crippen LogP contribution in [0.1, 0.15) is 70.4 Å². The summed E-state index contributed by atoms with van der Waals surface area (Å²) in [7, 11) is 0. The van der Waals surface area contributed by atoms with Crippen molar-refractivity contribution in [1.29, 1.82) is 0 Å². The molecule has 7 atom stereocenters. The molecule has 10 heteroatoms. The summed E-state index contributed by atoms with van der Waals surface area (Å²) in [6.07, 6.45) is -3.49. The molecule has 0 radical (unpaired) electrons. The molecule has 1 aliphatic heterocycles. The van der Waals surface area contributed by atoms with E-state index in [0.717, 1.165) is 18.1 Å². The number of aliphatic hydroxyl groups excluding tert-OH is 2. The number of hydrogen-bond acceptors (Lipinski definition) is 9. The lowest BCUT2D eigenvalue weighted by Gasteiger charge is -2.57. The lowest BCUT2D eigenvalue weighted by atomic mass is 9.64. The van der Waals surface area contributed by atoms with Crippen molar-refractivity contribution >= 4 is 22.5 Å². The van der Waals surface area contributed by atoms with Crippen LogP contribution < -0.4 is 4.74 Å². The third kappa shape index (κ3) is 4.87. The summed E-state index contributed by atoms with van der Waals surface area (Å²) < 4.78 is 12.1. The van der Waals surface area contributed by atoms with Crippen molar-refractivity contribution in [3.8, 4) is 11.5 Å². The van der Waals surface area contributed by atoms with E-state index in [2.05, 4.69) is 0 Å². The van der Waals surface area contributed by atoms with Gasteiger partial charge in [-0.3, -0.25) is 4.79 Å². The number of benzene rings is 3. The molecule has 43 heavy (non-hydrogen) atoms. The highest BCUT2D eigenvalue weighted by Crippen LogP contribution is 2.54. The maximum Gasteiger partial charge on any atom is 0.335 e. The monoisotopic (exact) mass is 592 g/mol. The van der Waals surface area contributed by atoms with Gasteiger partial charge in [-0.1, -0.05) is 42.8 Å². The lowest BCUT2D eigenvalue weighted by molar-refractivity contribution is -0.355. The third-order valence-corrected chi connectivity index (χ3v) is 9.65. The zero-order valence-corrected chi connectivity index (χ0v) is 23.8. The smallest absolute Gasteiger partial charge is 0.335 e. The number of phenols is 1. The van der Waals surface area contributed by atoms with E-state index in [0.29, 0.717) is 31.2 Å². The molecule has 1 saturated heterocycles. The van der Waals surface area contributed by atoms with Crippen LogP contribution in [0.3, 0.4) is 0 Å². The summed E-state index contributed by atoms with van der Waals surface area (Å²) in [5.74, 6) is -2.36. The van der Waals surface area contributed by atoms with Crippen LogP contribution in [0, 0.1) is 12.8 Å². The van der Waals surface area contributed by atoms with Gasteiger partial charge in [0.05, 0.1) is 22.1 Å². The number of carboxylic acid groups (broad SMARTS) is 1. The van der Waals surface area contributed by atoms with Gasteiger partial charge in [-0.25, -0.2) is 4.79 Å². The fourth-order valence-electron chi connectivity index (χ4n) is 7.43. The Balaban J connectivity index is 1.39. The first-order chi connectivity index (χ1) is 20.4. The summed E-state index contributed by atoms with van der Waals surface area (Å²) in [5.41, 5.74) is -2.08. The highest BCUT2D eigenvalue weighted by atomic mass is 16.7. The van der Waals surface area contributed by atoms with Gasteiger partial charge in [-0.2, -0.15) is 0 Å². The fraction of sp³-hybridized carbons (Fsp3) is 0.455. The predicted octanol–water partition coefficient (Wildman–Crippen LogP) is 3.25. The molecule has 3 aliphatic rings. The molecule has 0 bridgehead atoms. The number of ketones is 1. The first-order valence-electron chi connectivity index (χ1n) is 14.7. The van der Waals surface area contributed by atoms with E-state index in [4.69, 9.17) is 9.47 Å². The van der Waals surface area contributed by atoms with Crippen LogP contribution in [0.25, 0.3) is 10.8 Å². The molecule has 3 aromatic carbocycles. The number of aromatic hydroxyl groups is 1. The molecule has 0 unspecified atom stereocenters. The number of carboxylic acids is 1. The number of phenolic OH excluding ortho intramolecular Hbond substituents is 1. The number of ether oxygens (including phenoxy) is 2. The fourth-order valence-corrected chi connectivity index (χ4v) is 7.43. The Morgan fingerprint density at radius 1 is 1.02 bits per heavy atom. The standard InChI is InChI=1S/C33H36O10/c1-17-14-19-15-20(29(38)39)16-23(25(19)26(35)24(17)22(34)10-9-18-6-3-2-4-7-18)42-30-27(36)28(37)33(41)13-11-21-8-5-12-32(21,40)31(33)43-30/h2-4,6-7,14-16,21,27-28,30-31,35-37,40-41H,5,8-13H2,1H3,(H,38,39)/t21-,27-,28-,30+,31-,32-,33-/m1/s1. The molecule has 228 valence electrons. The van der Waals surface area contributed by atoms with Crippen molar-refractivity contribution in [1.82, 2.24) is 0 Å². The van der Waals surface area contributed by atoms with Crippen LogP contribution in [0.2, 0.25) is 0 Å². The molecular formula is C33H36O10. The van der Waals surface area contributed by atoms with E-state index < -0.39 is 47.5 Å². The zero-order chi connectivity index (χ0) is 30.7. The number of aromatic carboxylic acids is 1. The third-order valence-electron chi connectivity index (χ3n) is 9.65. The van der Waals surface area contributed by atoms with Gasteiger partial charge in [0.25, 0.3) is 0 Å². The van der Waals surface area contributed by atoms with E-state index in [-0.39, 0.29) is 52.2 Å². The van der Waals surface area contributed by atoms with Crippen molar-refractivity contribution in [2.24, 2.45) is 5.92 Å². The summed E-state index contributed by atoms with van der Waals surface area (Å²) in [5, 5.41) is 66.7. The maximum absolute atomic E-state index is 13.4. The first-order valence-corrected chi connectivity index (χ1v) is 14.7. The van der Waals surface area contributed by atoms with Gasteiger partial charge in [-0.05, 0) is 73.6 Å². The molecule has 1 heterocycles. The van der Waals surface area contributed by atoms with E-state index in [1.54, 1.807) is 13.0 Å². The van der Waals surface area contributed by atoms with Crippen LogP contribution in [0.4, 0.5) is 0 Å². The Kier molecular flexibility index (Phi) is 7.46. The number of fused-ring (bicyclic) bond motifs is 4. The van der Waals surface area contributed by atoms with E-state index >= 15 is 0 Å². The van der Waals surface area contributed by atoms with Gasteiger partial charge in [-0.15, -0.1) is 0 Å². The molecule has 0 aromatic heterocycles. The number of aryl methyl sites for hydroxylation is 2. The highest BCUT2D eigenvalue weighted by Gasteiger charge is 2.67. The van der Waals surface area contributed by atoms with Crippen LogP contribution in [0.15, 0.2) is 48.5 Å². The minimum Gasteiger partial charge on any atom is -0.506 e. The van der Waals surface area contributed by atoms with Gasteiger partial charge in [0.2, 0.25) is 6.29 Å². The average Bonchev–Trinajstić information content (AvgIpc) is 3.37. The SMILES string of the molecule is Cc1cc2cc(C(=O)O)cc(O[C@H]3O[C@@H]4[C@@]5(O)CCC[C@@H]5CC[C@@]4(O)[C@H](O)[C@H]3O)c2c(O)c1C(=O)CCc1ccccc1. The summed E-state index contributed by atoms with van der Waals surface area (Å²) in [6, 6.07) is 13.5. The Hall–Kier alpha value is -3.54. The Labute approximate surface area is 248 Å². The second-order valence-corrected chi connectivity index (χ2v) is 12.3. The number of hydrogen-bond donors (Lipinski definition) is 6. The van der Waals surface area contributed by atoms with Crippen molar-refractivity contribution in [2.45, 2.75) is 87.7 Å². The highest BCUT2D eigenvalue weighted by molar-refractivity contribution is 6.09. The van der Waals surface area contributed by atoms with Crippen molar-refractivity contribution in [3.63, 3.8) is 0 Å². The van der Waals surface area contributed by atoms with Gasteiger partial charge >= 0.3 is 5.97 Å². The minimum atomic E-state index is -1.92. The van der Waals surface area contributed by atoms with Crippen LogP contribution in [-0.2, 0) is 11.2 Å². The van der Waals surface area contributed by atoms with Gasteiger partial charge < -0.3 is 40.1 Å². The van der Waals surface area contributed by atoms with Crippen molar-refractivity contribution < 1.29 is 49.7 Å². The molecule has 10 nitrogen and oxygen atoms in total. The molecular weight excluding hydrogens is 556 g/mol. The Morgan fingerprint density at radius 3 is 2.49 bits per heavy atom. The molecule has 0 amide bonds. The zero-order valence-electron chi connectivity index (χ0n) is 23.8. The quantitative estimate of drug-likeness (QED) is 0.224. The number of carbonyl (C=O) groups is 2. The molecule has 3 fully saturated rings. The largest absolute Gasteiger partial charge is 0.506 e. The predicted molar refractivity (Wildman–Crippen MR) is 154 cm³/mol. The molecule has 6 N–H and O–H groups in total. The molecule has 2 aliphatic carbocycles. The number of carbonyl (C=O) groups excluding carboxylic acids is 1. The second-order valence-electron chi connectivity index (χ2n) is 12.3. The summed E-state index contributed by atoms with van der Waals surface area (Å²) in [4.78, 5) is 25.4. The number of rotatable bonds is 7. The average molecular weight is 593 g/mol. The van der Waals surface area contributed by atoms with Gasteiger partial charge in [0, 0.05) is 6.42 Å². The molecule has 3 aromatic rings. The first kappa shape index (κ1) is 29.5. The van der Waals surface area contributed by atoms with Crippen molar-refractivity contribution in [3.05, 3.63) is 70.8 Å². The Morgan fingerprint density at radius 2 is 1.77 bits per heavy atom.